The van der Waals surface area contributed by atoms with Crippen molar-refractivity contribution in [3.63, 3.8) is 0 Å². The van der Waals surface area contributed by atoms with E-state index in [1.807, 2.05) is 67.5 Å². The SMILES string of the molecule is COc1cc2ccc(C#N)cc2cc1[C@@H](c1ccnc(OC)c1OC)[C@@](O)(CCN(C)C)c1cccc2c1OCC2. The fourth-order valence-electron chi connectivity index (χ4n) is 5.85. The predicted octanol–water partition coefficient (Wildman–Crippen LogP) is 5.04. The quantitative estimate of drug-likeness (QED) is 0.292. The summed E-state index contributed by atoms with van der Waals surface area (Å²) in [6, 6.07) is 19.5. The number of fused-ring (bicyclic) bond motifs is 2. The van der Waals surface area contributed by atoms with Crippen molar-refractivity contribution in [1.29, 1.82) is 5.26 Å². The molecule has 0 spiro atoms. The van der Waals surface area contributed by atoms with Crippen LogP contribution in [0.4, 0.5) is 0 Å². The van der Waals surface area contributed by atoms with Crippen LogP contribution in [0.1, 0.15) is 40.2 Å². The summed E-state index contributed by atoms with van der Waals surface area (Å²) in [5, 5.41) is 24.6. The minimum atomic E-state index is -1.48. The number of para-hydroxylation sites is 1. The molecule has 0 bridgehead atoms. The Kier molecular flexibility index (Phi) is 8.02. The number of aliphatic hydroxyl groups is 1. The van der Waals surface area contributed by atoms with Crippen molar-refractivity contribution in [2.24, 2.45) is 0 Å². The standard InChI is InChI=1S/C33H35N3O5/c1-36(2)15-13-33(37,27-8-6-7-22-12-16-41-30(22)27)29(25-11-14-35-32(40-5)31(25)39-4)26-18-24-17-21(20-34)9-10-23(24)19-28(26)38-3/h6-11,14,17-19,29,37H,12-13,15-16H2,1-5H3/t29-,33-/m1/s1. The average Bonchev–Trinajstić information content (AvgIpc) is 3.48. The molecule has 2 heterocycles. The van der Waals surface area contributed by atoms with Crippen LogP contribution in [-0.2, 0) is 12.0 Å². The summed E-state index contributed by atoms with van der Waals surface area (Å²) in [4.78, 5) is 6.43. The summed E-state index contributed by atoms with van der Waals surface area (Å²) in [6.07, 6.45) is 2.81. The fraction of sp³-hybridized carbons (Fsp3) is 0.333. The lowest BCUT2D eigenvalue weighted by atomic mass is 9.70. The zero-order chi connectivity index (χ0) is 29.1. The molecular weight excluding hydrogens is 518 g/mol. The second kappa shape index (κ2) is 11.7. The normalized spacial score (nSPS) is 14.6. The highest BCUT2D eigenvalue weighted by Gasteiger charge is 2.46. The molecule has 1 aliphatic rings. The number of pyridine rings is 1. The summed E-state index contributed by atoms with van der Waals surface area (Å²) < 4.78 is 23.6. The van der Waals surface area contributed by atoms with Crippen molar-refractivity contribution in [2.45, 2.75) is 24.4 Å². The molecule has 8 nitrogen and oxygen atoms in total. The maximum absolute atomic E-state index is 13.2. The molecule has 3 aromatic carbocycles. The molecule has 1 aliphatic heterocycles. The highest BCUT2D eigenvalue weighted by molar-refractivity contribution is 5.87. The number of ether oxygens (including phenoxy) is 4. The summed E-state index contributed by atoms with van der Waals surface area (Å²) in [5.74, 6) is 1.35. The Morgan fingerprint density at radius 3 is 2.56 bits per heavy atom. The minimum Gasteiger partial charge on any atom is -0.496 e. The molecule has 0 saturated heterocycles. The highest BCUT2D eigenvalue weighted by atomic mass is 16.5. The van der Waals surface area contributed by atoms with Crippen LogP contribution < -0.4 is 18.9 Å². The zero-order valence-electron chi connectivity index (χ0n) is 24.1. The molecule has 4 aromatic rings. The predicted molar refractivity (Wildman–Crippen MR) is 157 cm³/mol. The van der Waals surface area contributed by atoms with Gasteiger partial charge < -0.3 is 29.0 Å². The largest absolute Gasteiger partial charge is 0.496 e. The Morgan fingerprint density at radius 1 is 1.02 bits per heavy atom. The van der Waals surface area contributed by atoms with Crippen molar-refractivity contribution in [3.8, 4) is 29.2 Å². The van der Waals surface area contributed by atoms with Gasteiger partial charge in [0.1, 0.15) is 17.1 Å². The molecule has 8 heteroatoms. The third-order valence-corrected chi connectivity index (χ3v) is 7.84. The van der Waals surface area contributed by atoms with Gasteiger partial charge in [0.25, 0.3) is 5.88 Å². The van der Waals surface area contributed by atoms with Gasteiger partial charge >= 0.3 is 0 Å². The summed E-state index contributed by atoms with van der Waals surface area (Å²) in [5.41, 5.74) is 2.25. The van der Waals surface area contributed by atoms with Gasteiger partial charge in [0.2, 0.25) is 0 Å². The summed E-state index contributed by atoms with van der Waals surface area (Å²) in [6.45, 7) is 1.15. The maximum atomic E-state index is 13.2. The Morgan fingerprint density at radius 2 is 1.85 bits per heavy atom. The van der Waals surface area contributed by atoms with Gasteiger partial charge in [0, 0.05) is 41.8 Å². The Hall–Kier alpha value is -4.32. The average molecular weight is 554 g/mol. The number of methoxy groups -OCH3 is 3. The van der Waals surface area contributed by atoms with E-state index in [9.17, 15) is 10.4 Å². The van der Waals surface area contributed by atoms with Crippen LogP contribution in [0.3, 0.4) is 0 Å². The zero-order valence-corrected chi connectivity index (χ0v) is 24.1. The van der Waals surface area contributed by atoms with E-state index in [2.05, 4.69) is 11.1 Å². The molecule has 41 heavy (non-hydrogen) atoms. The highest BCUT2D eigenvalue weighted by Crippen LogP contribution is 2.53. The number of rotatable bonds is 10. The first kappa shape index (κ1) is 28.2. The van der Waals surface area contributed by atoms with Crippen LogP contribution in [0.2, 0.25) is 0 Å². The fourth-order valence-corrected chi connectivity index (χ4v) is 5.85. The van der Waals surface area contributed by atoms with Crippen molar-refractivity contribution >= 4 is 10.8 Å². The van der Waals surface area contributed by atoms with Gasteiger partial charge in [-0.25, -0.2) is 4.98 Å². The molecule has 0 amide bonds. The van der Waals surface area contributed by atoms with Crippen LogP contribution in [0.5, 0.6) is 23.1 Å². The molecule has 2 atom stereocenters. The molecule has 0 radical (unpaired) electrons. The second-order valence-electron chi connectivity index (χ2n) is 10.5. The van der Waals surface area contributed by atoms with E-state index in [1.54, 1.807) is 33.6 Å². The Labute approximate surface area is 240 Å². The summed E-state index contributed by atoms with van der Waals surface area (Å²) in [7, 11) is 8.70. The number of benzene rings is 3. The lowest BCUT2D eigenvalue weighted by molar-refractivity contribution is 0.00125. The third-order valence-electron chi connectivity index (χ3n) is 7.84. The lowest BCUT2D eigenvalue weighted by Gasteiger charge is -2.40. The van der Waals surface area contributed by atoms with Gasteiger partial charge in [-0.05, 0) is 67.2 Å². The van der Waals surface area contributed by atoms with Crippen LogP contribution >= 0.6 is 0 Å². The topological polar surface area (TPSA) is 97.1 Å². The number of aromatic nitrogens is 1. The van der Waals surface area contributed by atoms with Crippen LogP contribution in [0.25, 0.3) is 10.8 Å². The second-order valence-corrected chi connectivity index (χ2v) is 10.5. The molecule has 0 aliphatic carbocycles. The van der Waals surface area contributed by atoms with E-state index in [4.69, 9.17) is 18.9 Å². The van der Waals surface area contributed by atoms with Crippen LogP contribution in [-0.4, -0.2) is 63.6 Å². The molecule has 0 unspecified atom stereocenters. The number of nitriles is 1. The first-order chi connectivity index (χ1) is 19.8. The Balaban J connectivity index is 1.88. The van der Waals surface area contributed by atoms with Crippen molar-refractivity contribution in [3.05, 3.63) is 88.6 Å². The van der Waals surface area contributed by atoms with Crippen molar-refractivity contribution in [2.75, 3.05) is 48.6 Å². The van der Waals surface area contributed by atoms with E-state index in [-0.39, 0.29) is 0 Å². The summed E-state index contributed by atoms with van der Waals surface area (Å²) >= 11 is 0. The van der Waals surface area contributed by atoms with Gasteiger partial charge in [0.05, 0.1) is 39.6 Å². The molecular formula is C33H35N3O5. The molecule has 1 aromatic heterocycles. The van der Waals surface area contributed by atoms with Gasteiger partial charge in [-0.15, -0.1) is 0 Å². The van der Waals surface area contributed by atoms with E-state index in [0.29, 0.717) is 59.4 Å². The number of hydrogen-bond donors (Lipinski definition) is 1. The van der Waals surface area contributed by atoms with E-state index < -0.39 is 11.5 Å². The van der Waals surface area contributed by atoms with Crippen LogP contribution in [0.15, 0.2) is 60.8 Å². The Bertz CT molecular complexity index is 1610. The maximum Gasteiger partial charge on any atom is 0.257 e. The van der Waals surface area contributed by atoms with E-state index >= 15 is 0 Å². The minimum absolute atomic E-state index is 0.311. The first-order valence-corrected chi connectivity index (χ1v) is 13.6. The van der Waals surface area contributed by atoms with E-state index in [0.717, 1.165) is 28.3 Å². The van der Waals surface area contributed by atoms with Gasteiger partial charge in [-0.1, -0.05) is 24.3 Å². The van der Waals surface area contributed by atoms with Gasteiger partial charge in [-0.2, -0.15) is 5.26 Å². The number of hydrogen-bond acceptors (Lipinski definition) is 8. The van der Waals surface area contributed by atoms with Crippen molar-refractivity contribution in [1.82, 2.24) is 9.88 Å². The lowest BCUT2D eigenvalue weighted by Crippen LogP contribution is -2.38. The third kappa shape index (κ3) is 5.15. The van der Waals surface area contributed by atoms with Gasteiger partial charge in [0.15, 0.2) is 5.75 Å². The molecule has 0 fully saturated rings. The van der Waals surface area contributed by atoms with E-state index in [1.165, 1.54) is 0 Å². The molecule has 5 rings (SSSR count). The van der Waals surface area contributed by atoms with Gasteiger partial charge in [-0.3, -0.25) is 0 Å². The molecule has 0 saturated carbocycles. The molecule has 1 N–H and O–H groups in total. The monoisotopic (exact) mass is 553 g/mol. The number of nitrogens with zero attached hydrogens (tertiary/aromatic N) is 3. The first-order valence-electron chi connectivity index (χ1n) is 13.6. The molecule has 212 valence electrons. The smallest absolute Gasteiger partial charge is 0.257 e. The van der Waals surface area contributed by atoms with Crippen LogP contribution in [0, 0.1) is 11.3 Å². The van der Waals surface area contributed by atoms with Crippen molar-refractivity contribution < 1.29 is 24.1 Å².